The number of allylic oxidation sites excluding steroid dienone is 2. The minimum absolute atomic E-state index is 0.0126. The topological polar surface area (TPSA) is 33.2 Å². The van der Waals surface area contributed by atoms with Gasteiger partial charge in [0.2, 0.25) is 0 Å². The van der Waals surface area contributed by atoms with Crippen molar-refractivity contribution in [3.8, 4) is 0 Å². The molecule has 3 heteroatoms. The van der Waals surface area contributed by atoms with E-state index in [1.807, 2.05) is 25.9 Å². The Balaban J connectivity index is 2.83. The van der Waals surface area contributed by atoms with Crippen molar-refractivity contribution in [2.75, 3.05) is 14.1 Å². The number of aromatic nitrogens is 1. The van der Waals surface area contributed by atoms with Crippen LogP contribution >= 0.6 is 0 Å². The molecule has 0 aliphatic heterocycles. The smallest absolute Gasteiger partial charge is 0.187 e. The van der Waals surface area contributed by atoms with E-state index >= 15 is 0 Å². The maximum atomic E-state index is 11.6. The Bertz CT molecular complexity index is 342. The molecule has 0 radical (unpaired) electrons. The van der Waals surface area contributed by atoms with Crippen molar-refractivity contribution < 1.29 is 4.79 Å². The predicted molar refractivity (Wildman–Crippen MR) is 56.0 cm³/mol. The third-order valence-electron chi connectivity index (χ3n) is 2.01. The van der Waals surface area contributed by atoms with E-state index in [1.165, 1.54) is 0 Å². The van der Waals surface area contributed by atoms with E-state index < -0.39 is 0 Å². The number of hydrogen-bond donors (Lipinski definition) is 0. The van der Waals surface area contributed by atoms with Gasteiger partial charge in [-0.25, -0.2) is 0 Å². The average Bonchev–Trinajstić information content (AvgIpc) is 2.19. The van der Waals surface area contributed by atoms with Gasteiger partial charge in [-0.2, -0.15) is 0 Å². The summed E-state index contributed by atoms with van der Waals surface area (Å²) in [7, 11) is 3.82. The summed E-state index contributed by atoms with van der Waals surface area (Å²) in [5, 5.41) is 0. The Hall–Kier alpha value is -1.64. The van der Waals surface area contributed by atoms with Crippen LogP contribution in [0.3, 0.4) is 0 Å². The zero-order chi connectivity index (χ0) is 10.6. The molecule has 74 valence electrons. The van der Waals surface area contributed by atoms with Crippen molar-refractivity contribution >= 4 is 5.78 Å². The highest BCUT2D eigenvalue weighted by Gasteiger charge is 2.02. The van der Waals surface area contributed by atoms with Crippen molar-refractivity contribution in [3.05, 3.63) is 41.9 Å². The first kappa shape index (κ1) is 10.4. The minimum Gasteiger partial charge on any atom is -0.381 e. The molecule has 0 atom stereocenters. The van der Waals surface area contributed by atoms with Crippen molar-refractivity contribution in [1.82, 2.24) is 9.88 Å². The van der Waals surface area contributed by atoms with Gasteiger partial charge in [-0.15, -0.1) is 0 Å². The zero-order valence-electron chi connectivity index (χ0n) is 8.69. The summed E-state index contributed by atoms with van der Waals surface area (Å²) in [5.41, 5.74) is 1.60. The molecule has 0 saturated carbocycles. The molecule has 0 amide bonds. The molecule has 0 bridgehead atoms. The van der Waals surface area contributed by atoms with Crippen LogP contribution in [0.4, 0.5) is 0 Å². The third kappa shape index (κ3) is 2.69. The second kappa shape index (κ2) is 4.56. The number of nitrogens with zero attached hydrogens (tertiary/aromatic N) is 2. The number of ketones is 1. The molecule has 1 aromatic heterocycles. The zero-order valence-corrected chi connectivity index (χ0v) is 8.69. The molecule has 0 fully saturated rings. The Morgan fingerprint density at radius 3 is 2.43 bits per heavy atom. The monoisotopic (exact) mass is 190 g/mol. The highest BCUT2D eigenvalue weighted by Crippen LogP contribution is 2.03. The molecule has 0 N–H and O–H groups in total. The van der Waals surface area contributed by atoms with Crippen LogP contribution in [0.5, 0.6) is 0 Å². The van der Waals surface area contributed by atoms with Crippen LogP contribution in [0.15, 0.2) is 36.3 Å². The van der Waals surface area contributed by atoms with Crippen LogP contribution in [0.25, 0.3) is 0 Å². The van der Waals surface area contributed by atoms with E-state index in [1.54, 1.807) is 30.6 Å². The highest BCUT2D eigenvalue weighted by molar-refractivity contribution is 6.04. The van der Waals surface area contributed by atoms with Crippen molar-refractivity contribution in [1.29, 1.82) is 0 Å². The molecule has 0 aliphatic rings. The predicted octanol–water partition coefficient (Wildman–Crippen LogP) is 1.73. The van der Waals surface area contributed by atoms with Gasteiger partial charge >= 0.3 is 0 Å². The average molecular weight is 190 g/mol. The number of carbonyl (C=O) groups is 1. The fourth-order valence-electron chi connectivity index (χ4n) is 0.918. The normalized spacial score (nSPS) is 11.2. The molecule has 0 aromatic carbocycles. The first-order chi connectivity index (χ1) is 6.61. The van der Waals surface area contributed by atoms with Crippen LogP contribution in [-0.2, 0) is 0 Å². The van der Waals surface area contributed by atoms with Crippen LogP contribution in [-0.4, -0.2) is 29.8 Å². The summed E-state index contributed by atoms with van der Waals surface area (Å²) in [6.45, 7) is 1.90. The van der Waals surface area contributed by atoms with Crippen LogP contribution < -0.4 is 0 Å². The summed E-state index contributed by atoms with van der Waals surface area (Å²) in [6, 6.07) is 3.42. The summed E-state index contributed by atoms with van der Waals surface area (Å²) < 4.78 is 0. The van der Waals surface area contributed by atoms with Gasteiger partial charge in [0, 0.05) is 43.8 Å². The van der Waals surface area contributed by atoms with Crippen molar-refractivity contribution in [3.63, 3.8) is 0 Å². The van der Waals surface area contributed by atoms with Gasteiger partial charge in [-0.3, -0.25) is 9.78 Å². The summed E-state index contributed by atoms with van der Waals surface area (Å²) >= 11 is 0. The van der Waals surface area contributed by atoms with Gasteiger partial charge in [0.25, 0.3) is 0 Å². The van der Waals surface area contributed by atoms with E-state index in [4.69, 9.17) is 0 Å². The first-order valence-electron chi connectivity index (χ1n) is 4.41. The number of rotatable bonds is 3. The van der Waals surface area contributed by atoms with Gasteiger partial charge in [0.1, 0.15) is 0 Å². The lowest BCUT2D eigenvalue weighted by Crippen LogP contribution is -2.10. The lowest BCUT2D eigenvalue weighted by Gasteiger charge is -2.11. The highest BCUT2D eigenvalue weighted by atomic mass is 16.1. The van der Waals surface area contributed by atoms with Gasteiger partial charge in [0.05, 0.1) is 0 Å². The molecule has 1 rings (SSSR count). The molecule has 0 aliphatic carbocycles. The van der Waals surface area contributed by atoms with Gasteiger partial charge in [-0.1, -0.05) is 0 Å². The first-order valence-corrected chi connectivity index (χ1v) is 4.41. The quantitative estimate of drug-likeness (QED) is 0.537. The number of pyridine rings is 1. The standard InChI is InChI=1S/C11H14N2O/c1-9(13(2)3)8-11(14)10-4-6-12-7-5-10/h4-8H,1-3H3/b9-8-. The largest absolute Gasteiger partial charge is 0.381 e. The SMILES string of the molecule is C/C(=C/C(=O)c1ccncc1)N(C)C. The van der Waals surface area contributed by atoms with Crippen LogP contribution in [0.2, 0.25) is 0 Å². The van der Waals surface area contributed by atoms with Gasteiger partial charge < -0.3 is 4.90 Å². The summed E-state index contributed by atoms with van der Waals surface area (Å²) in [5.74, 6) is 0.0126. The second-order valence-electron chi connectivity index (χ2n) is 3.28. The molecular formula is C11H14N2O. The van der Waals surface area contributed by atoms with Crippen molar-refractivity contribution in [2.45, 2.75) is 6.92 Å². The maximum absolute atomic E-state index is 11.6. The van der Waals surface area contributed by atoms with Crippen LogP contribution in [0, 0.1) is 0 Å². The van der Waals surface area contributed by atoms with E-state index in [9.17, 15) is 4.79 Å². The fourth-order valence-corrected chi connectivity index (χ4v) is 0.918. The minimum atomic E-state index is 0.0126. The molecular weight excluding hydrogens is 176 g/mol. The molecule has 0 saturated heterocycles. The Kier molecular flexibility index (Phi) is 3.40. The molecule has 14 heavy (non-hydrogen) atoms. The number of carbonyl (C=O) groups excluding carboxylic acids is 1. The lowest BCUT2D eigenvalue weighted by molar-refractivity contribution is 0.104. The van der Waals surface area contributed by atoms with Crippen LogP contribution in [0.1, 0.15) is 17.3 Å². The molecule has 0 unspecified atom stereocenters. The fraction of sp³-hybridized carbons (Fsp3) is 0.273. The van der Waals surface area contributed by atoms with Gasteiger partial charge in [0.15, 0.2) is 5.78 Å². The second-order valence-corrected chi connectivity index (χ2v) is 3.28. The van der Waals surface area contributed by atoms with Crippen molar-refractivity contribution in [2.24, 2.45) is 0 Å². The van der Waals surface area contributed by atoms with E-state index in [0.717, 1.165) is 5.70 Å². The Morgan fingerprint density at radius 1 is 1.36 bits per heavy atom. The van der Waals surface area contributed by atoms with Gasteiger partial charge in [-0.05, 0) is 19.1 Å². The third-order valence-corrected chi connectivity index (χ3v) is 2.01. The molecule has 0 spiro atoms. The van der Waals surface area contributed by atoms with E-state index in [2.05, 4.69) is 4.98 Å². The molecule has 3 nitrogen and oxygen atoms in total. The summed E-state index contributed by atoms with van der Waals surface area (Å²) in [4.78, 5) is 17.4. The lowest BCUT2D eigenvalue weighted by atomic mass is 10.1. The summed E-state index contributed by atoms with van der Waals surface area (Å²) in [6.07, 6.45) is 4.85. The number of hydrogen-bond acceptors (Lipinski definition) is 3. The molecule has 1 aromatic rings. The molecule has 1 heterocycles. The van der Waals surface area contributed by atoms with E-state index in [-0.39, 0.29) is 5.78 Å². The maximum Gasteiger partial charge on any atom is 0.187 e. The Morgan fingerprint density at radius 2 is 1.93 bits per heavy atom. The van der Waals surface area contributed by atoms with E-state index in [0.29, 0.717) is 5.56 Å². The Labute approximate surface area is 84.1 Å².